The normalized spacial score (nSPS) is 12.4. The summed E-state index contributed by atoms with van der Waals surface area (Å²) in [6, 6.07) is 10.6. The SMILES string of the molecule is CCC(C)NC(=NC)NCCc1cnn(-c2ccccc2)c1.I. The quantitative estimate of drug-likeness (QED) is 0.424. The molecule has 126 valence electrons. The lowest BCUT2D eigenvalue weighted by molar-refractivity contribution is 0.624. The van der Waals surface area contributed by atoms with E-state index in [1.807, 2.05) is 41.2 Å². The van der Waals surface area contributed by atoms with Crippen LogP contribution >= 0.6 is 24.0 Å². The topological polar surface area (TPSA) is 54.2 Å². The fraction of sp³-hybridized carbons (Fsp3) is 0.412. The molecule has 0 radical (unpaired) electrons. The molecule has 0 aliphatic heterocycles. The number of hydrogen-bond acceptors (Lipinski definition) is 2. The second kappa shape index (κ2) is 10.3. The van der Waals surface area contributed by atoms with Crippen LogP contribution < -0.4 is 10.6 Å². The summed E-state index contributed by atoms with van der Waals surface area (Å²) in [4.78, 5) is 4.23. The van der Waals surface area contributed by atoms with Crippen LogP contribution in [-0.2, 0) is 6.42 Å². The van der Waals surface area contributed by atoms with Gasteiger partial charge in [-0.25, -0.2) is 4.68 Å². The number of benzene rings is 1. The Hall–Kier alpha value is -1.57. The summed E-state index contributed by atoms with van der Waals surface area (Å²) in [7, 11) is 1.80. The second-order valence-corrected chi connectivity index (χ2v) is 5.33. The standard InChI is InChI=1S/C17H25N5.HI/c1-4-14(2)21-17(18-3)19-11-10-15-12-20-22(13-15)16-8-6-5-7-9-16;/h5-9,12-14H,4,10-11H2,1-3H3,(H2,18,19,21);1H. The molecule has 0 bridgehead atoms. The van der Waals surface area contributed by atoms with Crippen molar-refractivity contribution in [2.75, 3.05) is 13.6 Å². The zero-order valence-corrected chi connectivity index (χ0v) is 16.3. The highest BCUT2D eigenvalue weighted by atomic mass is 127. The molecule has 6 heteroatoms. The molecule has 2 N–H and O–H groups in total. The lowest BCUT2D eigenvalue weighted by Crippen LogP contribution is -2.42. The average molecular weight is 427 g/mol. The first kappa shape index (κ1) is 19.5. The number of guanidine groups is 1. The Labute approximate surface area is 155 Å². The summed E-state index contributed by atoms with van der Waals surface area (Å²) in [6.45, 7) is 5.14. The lowest BCUT2D eigenvalue weighted by atomic mass is 10.2. The third-order valence-electron chi connectivity index (χ3n) is 3.58. The molecular formula is C17H26IN5. The molecule has 1 aromatic carbocycles. The summed E-state index contributed by atoms with van der Waals surface area (Å²) in [5.41, 5.74) is 2.28. The highest BCUT2D eigenvalue weighted by molar-refractivity contribution is 14.0. The Morgan fingerprint density at radius 2 is 2.04 bits per heavy atom. The van der Waals surface area contributed by atoms with Crippen LogP contribution in [0, 0.1) is 0 Å². The van der Waals surface area contributed by atoms with Gasteiger partial charge in [-0.3, -0.25) is 4.99 Å². The van der Waals surface area contributed by atoms with Gasteiger partial charge in [-0.1, -0.05) is 25.1 Å². The molecule has 1 atom stereocenters. The number of para-hydroxylation sites is 1. The van der Waals surface area contributed by atoms with Gasteiger partial charge in [0, 0.05) is 25.8 Å². The fourth-order valence-corrected chi connectivity index (χ4v) is 2.07. The van der Waals surface area contributed by atoms with Crippen molar-refractivity contribution in [3.63, 3.8) is 0 Å². The first-order valence-corrected chi connectivity index (χ1v) is 7.79. The highest BCUT2D eigenvalue weighted by Crippen LogP contribution is 2.07. The van der Waals surface area contributed by atoms with Gasteiger partial charge in [-0.15, -0.1) is 24.0 Å². The van der Waals surface area contributed by atoms with E-state index in [0.29, 0.717) is 6.04 Å². The maximum Gasteiger partial charge on any atom is 0.191 e. The number of aliphatic imine (C=N–C) groups is 1. The van der Waals surface area contributed by atoms with Crippen molar-refractivity contribution in [2.45, 2.75) is 32.7 Å². The molecule has 1 unspecified atom stereocenters. The number of hydrogen-bond donors (Lipinski definition) is 2. The van der Waals surface area contributed by atoms with E-state index in [4.69, 9.17) is 0 Å². The molecule has 0 amide bonds. The first-order valence-electron chi connectivity index (χ1n) is 7.79. The van der Waals surface area contributed by atoms with E-state index in [0.717, 1.165) is 31.0 Å². The number of aromatic nitrogens is 2. The summed E-state index contributed by atoms with van der Waals surface area (Å²) < 4.78 is 1.90. The van der Waals surface area contributed by atoms with Crippen LogP contribution in [0.1, 0.15) is 25.8 Å². The molecular weight excluding hydrogens is 401 g/mol. The first-order chi connectivity index (χ1) is 10.7. The van der Waals surface area contributed by atoms with Crippen LogP contribution in [0.4, 0.5) is 0 Å². The molecule has 5 nitrogen and oxygen atoms in total. The molecule has 23 heavy (non-hydrogen) atoms. The molecule has 0 fully saturated rings. The minimum atomic E-state index is 0. The predicted octanol–water partition coefficient (Wildman–Crippen LogP) is 3.00. The van der Waals surface area contributed by atoms with Crippen LogP contribution in [0.3, 0.4) is 0 Å². The van der Waals surface area contributed by atoms with Crippen LogP contribution in [-0.4, -0.2) is 35.4 Å². The third kappa shape index (κ3) is 6.21. The van der Waals surface area contributed by atoms with Crippen molar-refractivity contribution >= 4 is 29.9 Å². The van der Waals surface area contributed by atoms with Crippen LogP contribution in [0.15, 0.2) is 47.7 Å². The van der Waals surface area contributed by atoms with Gasteiger partial charge < -0.3 is 10.6 Å². The van der Waals surface area contributed by atoms with Gasteiger partial charge >= 0.3 is 0 Å². The van der Waals surface area contributed by atoms with Crippen molar-refractivity contribution in [1.82, 2.24) is 20.4 Å². The summed E-state index contributed by atoms with van der Waals surface area (Å²) in [6.07, 6.45) is 5.97. The Morgan fingerprint density at radius 3 is 2.70 bits per heavy atom. The summed E-state index contributed by atoms with van der Waals surface area (Å²) in [5, 5.41) is 11.1. The number of nitrogens with one attached hydrogen (secondary N) is 2. The van der Waals surface area contributed by atoms with Crippen molar-refractivity contribution in [3.8, 4) is 5.69 Å². The van der Waals surface area contributed by atoms with Crippen molar-refractivity contribution < 1.29 is 0 Å². The van der Waals surface area contributed by atoms with Crippen LogP contribution in [0.2, 0.25) is 0 Å². The summed E-state index contributed by atoms with van der Waals surface area (Å²) in [5.74, 6) is 0.852. The number of halogens is 1. The highest BCUT2D eigenvalue weighted by Gasteiger charge is 2.04. The van der Waals surface area contributed by atoms with Gasteiger partial charge in [0.1, 0.15) is 0 Å². The Balaban J connectivity index is 0.00000264. The molecule has 2 aromatic rings. The molecule has 2 rings (SSSR count). The maximum absolute atomic E-state index is 4.41. The maximum atomic E-state index is 4.41. The van der Waals surface area contributed by atoms with Crippen molar-refractivity contribution in [3.05, 3.63) is 48.3 Å². The number of nitrogens with zero attached hydrogens (tertiary/aromatic N) is 3. The molecule has 0 aliphatic carbocycles. The lowest BCUT2D eigenvalue weighted by Gasteiger charge is -2.16. The van der Waals surface area contributed by atoms with Gasteiger partial charge in [0.2, 0.25) is 0 Å². The van der Waals surface area contributed by atoms with Gasteiger partial charge in [-0.05, 0) is 37.5 Å². The fourth-order valence-electron chi connectivity index (χ4n) is 2.07. The van der Waals surface area contributed by atoms with E-state index in [2.05, 4.69) is 40.8 Å². The van der Waals surface area contributed by atoms with Crippen molar-refractivity contribution in [1.29, 1.82) is 0 Å². The van der Waals surface area contributed by atoms with Crippen molar-refractivity contribution in [2.24, 2.45) is 4.99 Å². The predicted molar refractivity (Wildman–Crippen MR) is 107 cm³/mol. The minimum absolute atomic E-state index is 0. The molecule has 1 aromatic heterocycles. The third-order valence-corrected chi connectivity index (χ3v) is 3.58. The molecule has 0 spiro atoms. The smallest absolute Gasteiger partial charge is 0.191 e. The van der Waals surface area contributed by atoms with E-state index >= 15 is 0 Å². The summed E-state index contributed by atoms with van der Waals surface area (Å²) >= 11 is 0. The second-order valence-electron chi connectivity index (χ2n) is 5.33. The zero-order chi connectivity index (χ0) is 15.8. The monoisotopic (exact) mass is 427 g/mol. The Kier molecular flexibility index (Phi) is 8.68. The van der Waals surface area contributed by atoms with E-state index in [-0.39, 0.29) is 24.0 Å². The zero-order valence-electron chi connectivity index (χ0n) is 14.0. The minimum Gasteiger partial charge on any atom is -0.356 e. The van der Waals surface area contributed by atoms with Gasteiger partial charge in [0.05, 0.1) is 11.9 Å². The number of rotatable bonds is 6. The van der Waals surface area contributed by atoms with Crippen LogP contribution in [0.25, 0.3) is 5.69 Å². The average Bonchev–Trinajstić information content (AvgIpc) is 3.03. The Bertz CT molecular complexity index is 594. The molecule has 0 saturated carbocycles. The van der Waals surface area contributed by atoms with Gasteiger partial charge in [0.25, 0.3) is 0 Å². The van der Waals surface area contributed by atoms with E-state index in [1.165, 1.54) is 5.56 Å². The van der Waals surface area contributed by atoms with E-state index in [9.17, 15) is 0 Å². The molecule has 1 heterocycles. The Morgan fingerprint density at radius 1 is 1.30 bits per heavy atom. The van der Waals surface area contributed by atoms with Crippen LogP contribution in [0.5, 0.6) is 0 Å². The molecule has 0 saturated heterocycles. The van der Waals surface area contributed by atoms with Gasteiger partial charge in [0.15, 0.2) is 5.96 Å². The molecule has 0 aliphatic rings. The van der Waals surface area contributed by atoms with E-state index in [1.54, 1.807) is 7.05 Å². The largest absolute Gasteiger partial charge is 0.356 e. The van der Waals surface area contributed by atoms with Gasteiger partial charge in [-0.2, -0.15) is 5.10 Å². The van der Waals surface area contributed by atoms with E-state index < -0.39 is 0 Å².